The maximum atomic E-state index is 12.0. The van der Waals surface area contributed by atoms with Crippen molar-refractivity contribution >= 4 is 28.5 Å². The molecule has 7 heteroatoms. The molecule has 0 saturated heterocycles. The number of carbonyl (C=O) groups is 1. The van der Waals surface area contributed by atoms with Crippen LogP contribution in [0.5, 0.6) is 11.5 Å². The Hall–Kier alpha value is -3.48. The van der Waals surface area contributed by atoms with E-state index in [-0.39, 0.29) is 0 Å². The second-order valence-electron chi connectivity index (χ2n) is 7.70. The molecular formula is C26H25ClN2O4. The van der Waals surface area contributed by atoms with E-state index in [9.17, 15) is 9.90 Å². The van der Waals surface area contributed by atoms with Crippen LogP contribution in [0.25, 0.3) is 10.9 Å². The smallest absolute Gasteiger partial charge is 0.321 e. The van der Waals surface area contributed by atoms with Crippen molar-refractivity contribution in [2.24, 2.45) is 0 Å². The fraction of sp³-hybridized carbons (Fsp3) is 0.192. The summed E-state index contributed by atoms with van der Waals surface area (Å²) in [5.41, 5.74) is 3.72. The molecule has 1 heterocycles. The van der Waals surface area contributed by atoms with Gasteiger partial charge in [-0.05, 0) is 35.4 Å². The van der Waals surface area contributed by atoms with E-state index in [4.69, 9.17) is 21.1 Å². The average Bonchev–Trinajstić information content (AvgIpc) is 3.24. The van der Waals surface area contributed by atoms with Gasteiger partial charge in [0.15, 0.2) is 11.5 Å². The van der Waals surface area contributed by atoms with E-state index >= 15 is 0 Å². The summed E-state index contributed by atoms with van der Waals surface area (Å²) >= 11 is 5.96. The molecule has 0 aliphatic rings. The third-order valence-corrected chi connectivity index (χ3v) is 5.76. The summed E-state index contributed by atoms with van der Waals surface area (Å²) < 4.78 is 11.6. The van der Waals surface area contributed by atoms with Gasteiger partial charge in [-0.15, -0.1) is 0 Å². The highest BCUT2D eigenvalue weighted by Gasteiger charge is 2.21. The topological polar surface area (TPSA) is 83.6 Å². The van der Waals surface area contributed by atoms with Crippen LogP contribution in [0, 0.1) is 0 Å². The van der Waals surface area contributed by atoms with Crippen molar-refractivity contribution in [3.05, 3.63) is 94.6 Å². The van der Waals surface area contributed by atoms with Crippen LogP contribution in [0.1, 0.15) is 16.7 Å². The van der Waals surface area contributed by atoms with Crippen molar-refractivity contribution in [1.82, 2.24) is 10.3 Å². The first-order chi connectivity index (χ1) is 16.0. The number of aromatic amines is 1. The average molecular weight is 465 g/mol. The maximum Gasteiger partial charge on any atom is 0.321 e. The van der Waals surface area contributed by atoms with Gasteiger partial charge in [-0.25, -0.2) is 0 Å². The second kappa shape index (κ2) is 10.4. The summed E-state index contributed by atoms with van der Waals surface area (Å²) in [5, 5.41) is 14.7. The predicted octanol–water partition coefficient (Wildman–Crippen LogP) is 5.19. The molecule has 0 fully saturated rings. The Morgan fingerprint density at radius 2 is 1.85 bits per heavy atom. The number of carboxylic acid groups (broad SMARTS) is 1. The molecule has 0 aliphatic carbocycles. The number of H-pyrrole nitrogens is 1. The Kier molecular flexibility index (Phi) is 7.17. The van der Waals surface area contributed by atoms with Crippen molar-refractivity contribution in [2.75, 3.05) is 7.11 Å². The lowest BCUT2D eigenvalue weighted by Crippen LogP contribution is -2.38. The van der Waals surface area contributed by atoms with E-state index in [0.717, 1.165) is 27.6 Å². The molecule has 4 aromatic rings. The van der Waals surface area contributed by atoms with E-state index < -0.39 is 12.0 Å². The zero-order valence-electron chi connectivity index (χ0n) is 18.2. The number of aromatic nitrogens is 1. The number of methoxy groups -OCH3 is 1. The quantitative estimate of drug-likeness (QED) is 0.300. The normalized spacial score (nSPS) is 11.9. The van der Waals surface area contributed by atoms with Crippen LogP contribution in [0.4, 0.5) is 0 Å². The number of rotatable bonds is 10. The van der Waals surface area contributed by atoms with Gasteiger partial charge < -0.3 is 19.6 Å². The van der Waals surface area contributed by atoms with Gasteiger partial charge in [-0.2, -0.15) is 0 Å². The first-order valence-electron chi connectivity index (χ1n) is 10.6. The second-order valence-corrected chi connectivity index (χ2v) is 8.14. The van der Waals surface area contributed by atoms with Gasteiger partial charge in [0.2, 0.25) is 0 Å². The van der Waals surface area contributed by atoms with Gasteiger partial charge in [0, 0.05) is 40.7 Å². The minimum Gasteiger partial charge on any atom is -0.493 e. The van der Waals surface area contributed by atoms with Crippen LogP contribution in [0.15, 0.2) is 72.9 Å². The molecular weight excluding hydrogens is 440 g/mol. The molecule has 4 rings (SSSR count). The molecule has 6 nitrogen and oxygen atoms in total. The molecule has 170 valence electrons. The van der Waals surface area contributed by atoms with Gasteiger partial charge in [-0.1, -0.05) is 54.1 Å². The Labute approximate surface area is 197 Å². The number of benzene rings is 3. The molecule has 1 aromatic heterocycles. The predicted molar refractivity (Wildman–Crippen MR) is 129 cm³/mol. The number of nitrogens with one attached hydrogen (secondary N) is 2. The molecule has 0 amide bonds. The number of para-hydroxylation sites is 2. The standard InChI is InChI=1S/C26H25ClN2O4/c1-32-24-8-4-5-18(25(24)33-16-17-9-11-20(27)12-10-17)14-29-23(26(30)31)13-19-15-28-22-7-3-2-6-21(19)22/h2-12,15,23,28-29H,13-14,16H2,1H3,(H,30,31). The number of aliphatic carboxylic acids is 1. The molecule has 0 saturated carbocycles. The van der Waals surface area contributed by atoms with Gasteiger partial charge >= 0.3 is 5.97 Å². The minimum atomic E-state index is -0.910. The van der Waals surface area contributed by atoms with E-state index in [1.807, 2.05) is 72.9 Å². The number of hydrogen-bond acceptors (Lipinski definition) is 4. The third kappa shape index (κ3) is 5.48. The first kappa shape index (κ1) is 22.7. The van der Waals surface area contributed by atoms with Gasteiger partial charge in [-0.3, -0.25) is 10.1 Å². The molecule has 3 aromatic carbocycles. The van der Waals surface area contributed by atoms with Crippen LogP contribution in [0.2, 0.25) is 5.02 Å². The first-order valence-corrected chi connectivity index (χ1v) is 11.0. The third-order valence-electron chi connectivity index (χ3n) is 5.51. The number of fused-ring (bicyclic) bond motifs is 1. The molecule has 0 radical (unpaired) electrons. The fourth-order valence-corrected chi connectivity index (χ4v) is 3.89. The van der Waals surface area contributed by atoms with E-state index in [1.165, 1.54) is 0 Å². The van der Waals surface area contributed by atoms with Crippen molar-refractivity contribution in [1.29, 1.82) is 0 Å². The summed E-state index contributed by atoms with van der Waals surface area (Å²) in [6, 6.07) is 20.1. The minimum absolute atomic E-state index is 0.312. The van der Waals surface area contributed by atoms with Crippen LogP contribution in [-0.4, -0.2) is 29.2 Å². The Bertz CT molecular complexity index is 1240. The van der Waals surface area contributed by atoms with Crippen LogP contribution in [0.3, 0.4) is 0 Å². The zero-order valence-corrected chi connectivity index (χ0v) is 18.9. The monoisotopic (exact) mass is 464 g/mol. The van der Waals surface area contributed by atoms with Gasteiger partial charge in [0.05, 0.1) is 7.11 Å². The summed E-state index contributed by atoms with van der Waals surface area (Å²) in [4.78, 5) is 15.2. The lowest BCUT2D eigenvalue weighted by Gasteiger charge is -2.18. The van der Waals surface area contributed by atoms with Crippen molar-refractivity contribution < 1.29 is 19.4 Å². The SMILES string of the molecule is COc1cccc(CNC(Cc2c[nH]c3ccccc23)C(=O)O)c1OCc1ccc(Cl)cc1. The molecule has 0 spiro atoms. The molecule has 0 bridgehead atoms. The molecule has 1 unspecified atom stereocenters. The van der Waals surface area contributed by atoms with Crippen molar-refractivity contribution in [3.8, 4) is 11.5 Å². The van der Waals surface area contributed by atoms with Gasteiger partial charge in [0.1, 0.15) is 12.6 Å². The molecule has 0 aliphatic heterocycles. The van der Waals surface area contributed by atoms with E-state index in [1.54, 1.807) is 7.11 Å². The van der Waals surface area contributed by atoms with E-state index in [0.29, 0.717) is 36.1 Å². The van der Waals surface area contributed by atoms with Crippen LogP contribution in [-0.2, 0) is 24.4 Å². The van der Waals surface area contributed by atoms with Gasteiger partial charge in [0.25, 0.3) is 0 Å². The number of ether oxygens (including phenoxy) is 2. The summed E-state index contributed by atoms with van der Waals surface area (Å²) in [5.74, 6) is 0.261. The largest absolute Gasteiger partial charge is 0.493 e. The Morgan fingerprint density at radius 1 is 1.06 bits per heavy atom. The number of hydrogen-bond donors (Lipinski definition) is 3. The summed E-state index contributed by atoms with van der Waals surface area (Å²) in [6.45, 7) is 0.648. The molecule has 3 N–H and O–H groups in total. The van der Waals surface area contributed by atoms with E-state index in [2.05, 4.69) is 10.3 Å². The van der Waals surface area contributed by atoms with Crippen LogP contribution < -0.4 is 14.8 Å². The Morgan fingerprint density at radius 3 is 2.61 bits per heavy atom. The maximum absolute atomic E-state index is 12.0. The lowest BCUT2D eigenvalue weighted by atomic mass is 10.0. The Balaban J connectivity index is 1.49. The highest BCUT2D eigenvalue weighted by atomic mass is 35.5. The number of carboxylic acids is 1. The zero-order chi connectivity index (χ0) is 23.2. The summed E-state index contributed by atoms with van der Waals surface area (Å²) in [6.07, 6.45) is 2.22. The lowest BCUT2D eigenvalue weighted by molar-refractivity contribution is -0.139. The summed E-state index contributed by atoms with van der Waals surface area (Å²) in [7, 11) is 1.58. The highest BCUT2D eigenvalue weighted by Crippen LogP contribution is 2.32. The highest BCUT2D eigenvalue weighted by molar-refractivity contribution is 6.30. The van der Waals surface area contributed by atoms with Crippen molar-refractivity contribution in [3.63, 3.8) is 0 Å². The number of halogens is 1. The van der Waals surface area contributed by atoms with Crippen molar-refractivity contribution in [2.45, 2.75) is 25.6 Å². The van der Waals surface area contributed by atoms with Crippen LogP contribution >= 0.6 is 11.6 Å². The molecule has 1 atom stereocenters. The fourth-order valence-electron chi connectivity index (χ4n) is 3.76. The molecule has 33 heavy (non-hydrogen) atoms.